The molecule has 0 amide bonds. The normalized spacial score (nSPS) is 8.80. The molecule has 0 aromatic carbocycles. The number of hydrogen-bond donors (Lipinski definition) is 1. The summed E-state index contributed by atoms with van der Waals surface area (Å²) in [6, 6.07) is 0. The molecular weight excluding hydrogens is 172 g/mol. The monoisotopic (exact) mass is 180 g/mol. The van der Waals surface area contributed by atoms with Crippen molar-refractivity contribution in [2.24, 2.45) is 0 Å². The van der Waals surface area contributed by atoms with E-state index in [4.69, 9.17) is 22.6 Å². The zero-order chi connectivity index (χ0) is 7.91. The Bertz CT molecular complexity index is 120. The largest absolute Gasteiger partial charge is 2.00 e. The van der Waals surface area contributed by atoms with Crippen LogP contribution in [0.25, 0.3) is 0 Å². The van der Waals surface area contributed by atoms with Gasteiger partial charge in [-0.25, -0.2) is 0 Å². The summed E-state index contributed by atoms with van der Waals surface area (Å²) in [5.41, 5.74) is 0. The minimum absolute atomic E-state index is 0. The maximum atomic E-state index is 8.52. The molecule has 0 spiro atoms. The van der Waals surface area contributed by atoms with Crippen LogP contribution in [0, 0.1) is 0 Å². The van der Waals surface area contributed by atoms with Gasteiger partial charge in [0, 0.05) is 17.0 Å². The van der Waals surface area contributed by atoms with Crippen molar-refractivity contribution >= 4 is 33.5 Å². The quantitative estimate of drug-likeness (QED) is 0.306. The van der Waals surface area contributed by atoms with Gasteiger partial charge < -0.3 is 14.2 Å². The topological polar surface area (TPSA) is 100 Å². The summed E-state index contributed by atoms with van der Waals surface area (Å²) >= 11 is 0. The van der Waals surface area contributed by atoms with E-state index in [9.17, 15) is 0 Å². The Kier molecular flexibility index (Phi) is 16.2. The molecule has 0 radical (unpaired) electrons. The van der Waals surface area contributed by atoms with Gasteiger partial charge in [-0.1, -0.05) is 6.92 Å². The van der Waals surface area contributed by atoms with Gasteiger partial charge in [-0.3, -0.25) is 8.42 Å². The van der Waals surface area contributed by atoms with Gasteiger partial charge in [0.05, 0.1) is 0 Å². The van der Waals surface area contributed by atoms with Gasteiger partial charge >= 0.3 is 23.1 Å². The molecule has 0 heterocycles. The van der Waals surface area contributed by atoms with Gasteiger partial charge in [-0.15, -0.1) is 0 Å². The third-order valence-corrected chi connectivity index (χ3v) is 0.224. The summed E-state index contributed by atoms with van der Waals surface area (Å²) in [5, 5.41) is 7.88. The van der Waals surface area contributed by atoms with Gasteiger partial charge in [-0.2, -0.15) is 0 Å². The molecule has 5 nitrogen and oxygen atoms in total. The summed E-state index contributed by atoms with van der Waals surface area (Å²) in [4.78, 5) is 0. The van der Waals surface area contributed by atoms with Crippen LogP contribution in [0.1, 0.15) is 13.3 Å². The van der Waals surface area contributed by atoms with E-state index in [1.807, 2.05) is 6.92 Å². The molecule has 0 aromatic rings. The van der Waals surface area contributed by atoms with Gasteiger partial charge in [0.15, 0.2) is 0 Å². The molecule has 0 aliphatic rings. The van der Waals surface area contributed by atoms with Crippen molar-refractivity contribution in [3.63, 3.8) is 0 Å². The van der Waals surface area contributed by atoms with Crippen molar-refractivity contribution in [2.45, 2.75) is 13.3 Å². The standard InChI is InChI=1S/C3H8O.Mg.H2O4S/c1-2-3-4;;1-5(2,3)4/h4H,2-3H2,1H3;;(H2,1,2,3,4)/q;+2;/p-2. The van der Waals surface area contributed by atoms with E-state index in [0.717, 1.165) is 6.42 Å². The molecule has 0 rings (SSSR count). The minimum Gasteiger partial charge on any atom is -0.759 e. The van der Waals surface area contributed by atoms with Gasteiger partial charge in [0.2, 0.25) is 0 Å². The molecule has 0 bridgehead atoms. The second kappa shape index (κ2) is 9.60. The Hall–Kier alpha value is 0.596. The Morgan fingerprint density at radius 1 is 1.40 bits per heavy atom. The van der Waals surface area contributed by atoms with Crippen LogP contribution in [0.2, 0.25) is 0 Å². The zero-order valence-electron chi connectivity index (χ0n) is 5.61. The molecule has 0 aromatic heterocycles. The molecule has 1 N–H and O–H groups in total. The maximum absolute atomic E-state index is 8.52. The smallest absolute Gasteiger partial charge is 0.759 e. The number of hydrogen-bond acceptors (Lipinski definition) is 5. The molecule has 0 saturated carbocycles. The van der Waals surface area contributed by atoms with Crippen LogP contribution in [0.15, 0.2) is 0 Å². The van der Waals surface area contributed by atoms with Gasteiger partial charge in [0.25, 0.3) is 0 Å². The summed E-state index contributed by atoms with van der Waals surface area (Å²) < 4.78 is 34.1. The molecular formula is C3H8MgO5S. The first kappa shape index (κ1) is 16.9. The van der Waals surface area contributed by atoms with Crippen LogP contribution in [0.5, 0.6) is 0 Å². The predicted molar refractivity (Wildman–Crippen MR) is 33.6 cm³/mol. The Labute approximate surface area is 76.2 Å². The third-order valence-electron chi connectivity index (χ3n) is 0.224. The Morgan fingerprint density at radius 2 is 1.50 bits per heavy atom. The molecule has 0 aliphatic carbocycles. The molecule has 0 atom stereocenters. The van der Waals surface area contributed by atoms with Crippen molar-refractivity contribution in [3.8, 4) is 0 Å². The van der Waals surface area contributed by atoms with Crippen LogP contribution in [0.3, 0.4) is 0 Å². The second-order valence-corrected chi connectivity index (χ2v) is 1.95. The van der Waals surface area contributed by atoms with Crippen LogP contribution in [-0.2, 0) is 10.4 Å². The molecule has 10 heavy (non-hydrogen) atoms. The Morgan fingerprint density at radius 3 is 1.50 bits per heavy atom. The van der Waals surface area contributed by atoms with E-state index in [0.29, 0.717) is 6.61 Å². The number of aliphatic hydroxyl groups is 1. The average Bonchev–Trinajstić information content (AvgIpc) is 1.61. The summed E-state index contributed by atoms with van der Waals surface area (Å²) in [5.74, 6) is 0. The second-order valence-electron chi connectivity index (χ2n) is 1.13. The first-order valence-corrected chi connectivity index (χ1v) is 3.52. The average molecular weight is 180 g/mol. The summed E-state index contributed by atoms with van der Waals surface area (Å²) in [7, 11) is -5.17. The fraction of sp³-hybridized carbons (Fsp3) is 1.00. The van der Waals surface area contributed by atoms with Crippen LogP contribution >= 0.6 is 0 Å². The molecule has 0 aliphatic heterocycles. The summed E-state index contributed by atoms with van der Waals surface area (Å²) in [6.45, 7) is 2.25. The molecule has 58 valence electrons. The van der Waals surface area contributed by atoms with E-state index in [2.05, 4.69) is 0 Å². The maximum Gasteiger partial charge on any atom is 2.00 e. The minimum atomic E-state index is -5.17. The van der Waals surface area contributed by atoms with Crippen LogP contribution < -0.4 is 0 Å². The molecule has 0 unspecified atom stereocenters. The van der Waals surface area contributed by atoms with E-state index in [1.165, 1.54) is 0 Å². The van der Waals surface area contributed by atoms with Crippen molar-refractivity contribution in [1.82, 2.24) is 0 Å². The van der Waals surface area contributed by atoms with E-state index in [-0.39, 0.29) is 23.1 Å². The van der Waals surface area contributed by atoms with Crippen LogP contribution in [-0.4, -0.2) is 52.3 Å². The van der Waals surface area contributed by atoms with Crippen LogP contribution in [0.4, 0.5) is 0 Å². The van der Waals surface area contributed by atoms with Crippen molar-refractivity contribution in [1.29, 1.82) is 0 Å². The SMILES string of the molecule is CCCO.O=S(=O)([O-])[O-].[Mg+2]. The van der Waals surface area contributed by atoms with E-state index < -0.39 is 10.4 Å². The van der Waals surface area contributed by atoms with Crippen molar-refractivity contribution < 1.29 is 22.6 Å². The molecule has 0 fully saturated rings. The number of rotatable bonds is 1. The van der Waals surface area contributed by atoms with Crippen molar-refractivity contribution in [3.05, 3.63) is 0 Å². The third kappa shape index (κ3) is 195. The van der Waals surface area contributed by atoms with E-state index >= 15 is 0 Å². The van der Waals surface area contributed by atoms with Crippen molar-refractivity contribution in [2.75, 3.05) is 6.61 Å². The van der Waals surface area contributed by atoms with Gasteiger partial charge in [0.1, 0.15) is 0 Å². The molecule has 7 heteroatoms. The fourth-order valence-electron chi connectivity index (χ4n) is 0. The molecule has 0 saturated heterocycles. The Balaban J connectivity index is -0.0000000910. The number of aliphatic hydroxyl groups excluding tert-OH is 1. The fourth-order valence-corrected chi connectivity index (χ4v) is 0. The first-order chi connectivity index (χ1) is 3.91. The van der Waals surface area contributed by atoms with E-state index in [1.54, 1.807) is 0 Å². The first-order valence-electron chi connectivity index (χ1n) is 2.19. The zero-order valence-corrected chi connectivity index (χ0v) is 7.84. The van der Waals surface area contributed by atoms with Gasteiger partial charge in [-0.05, 0) is 6.42 Å². The predicted octanol–water partition coefficient (Wildman–Crippen LogP) is -1.33. The summed E-state index contributed by atoms with van der Waals surface area (Å²) in [6.07, 6.45) is 0.875.